The summed E-state index contributed by atoms with van der Waals surface area (Å²) in [4.78, 5) is 24.3. The number of quaternary nitrogens is 1. The van der Waals surface area contributed by atoms with Crippen LogP contribution in [0.25, 0.3) is 0 Å². The van der Waals surface area contributed by atoms with Crippen LogP contribution < -0.4 is 20.3 Å². The van der Waals surface area contributed by atoms with E-state index in [4.69, 9.17) is 4.74 Å². The van der Waals surface area contributed by atoms with E-state index in [9.17, 15) is 9.59 Å². The quantitative estimate of drug-likeness (QED) is 0.583. The predicted octanol–water partition coefficient (Wildman–Crippen LogP) is 1.21. The molecule has 7 heteroatoms. The van der Waals surface area contributed by atoms with Crippen LogP contribution in [0.5, 0.6) is 5.75 Å². The summed E-state index contributed by atoms with van der Waals surface area (Å²) in [6.07, 6.45) is 0.889. The van der Waals surface area contributed by atoms with Crippen LogP contribution in [-0.4, -0.2) is 45.2 Å². The summed E-state index contributed by atoms with van der Waals surface area (Å²) in [5.74, 6) is 1.01. The van der Waals surface area contributed by atoms with Gasteiger partial charge in [0.25, 0.3) is 5.91 Å². The molecule has 3 amide bonds. The Morgan fingerprint density at radius 2 is 1.92 bits per heavy atom. The molecule has 6 nitrogen and oxygen atoms in total. The normalized spacial score (nSPS) is 11.9. The fraction of sp³-hybridized carbons (Fsp3) is 0.529. The maximum atomic E-state index is 11.8. The number of hydrogen-bond donors (Lipinski definition) is 3. The van der Waals surface area contributed by atoms with E-state index in [0.29, 0.717) is 25.6 Å². The van der Waals surface area contributed by atoms with Gasteiger partial charge in [-0.1, -0.05) is 29.8 Å². The van der Waals surface area contributed by atoms with Gasteiger partial charge < -0.3 is 15.0 Å². The number of carbonyl (C=O) groups is 2. The second-order valence-corrected chi connectivity index (χ2v) is 7.09. The van der Waals surface area contributed by atoms with E-state index in [0.717, 1.165) is 21.5 Å². The van der Waals surface area contributed by atoms with Gasteiger partial charge in [-0.3, -0.25) is 10.1 Å². The molecule has 0 saturated carbocycles. The standard InChI is InChI=1S/C17H26BrN3O3/c1-13(2)8-9-19-17(23)20-16(22)12-21(3)10-11-24-15-6-4-14(18)5-7-15/h4-7,13H,8-12H2,1-3H3,(H2,19,20,22,23)/p+1. The molecule has 134 valence electrons. The predicted molar refractivity (Wildman–Crippen MR) is 97.3 cm³/mol. The van der Waals surface area contributed by atoms with Gasteiger partial charge >= 0.3 is 6.03 Å². The average molecular weight is 401 g/mol. The first-order valence-electron chi connectivity index (χ1n) is 8.14. The Hall–Kier alpha value is -1.60. The minimum absolute atomic E-state index is 0.224. The van der Waals surface area contributed by atoms with Crippen molar-refractivity contribution in [2.24, 2.45) is 5.92 Å². The van der Waals surface area contributed by atoms with Crippen LogP contribution in [0.3, 0.4) is 0 Å². The highest BCUT2D eigenvalue weighted by atomic mass is 79.9. The Morgan fingerprint density at radius 3 is 2.54 bits per heavy atom. The molecule has 0 heterocycles. The molecule has 3 N–H and O–H groups in total. The lowest BCUT2D eigenvalue weighted by Gasteiger charge is -2.14. The highest BCUT2D eigenvalue weighted by molar-refractivity contribution is 9.10. The first-order chi connectivity index (χ1) is 11.4. The molecule has 0 bridgehead atoms. The molecule has 0 saturated heterocycles. The maximum Gasteiger partial charge on any atom is 0.321 e. The van der Waals surface area contributed by atoms with E-state index in [-0.39, 0.29) is 12.5 Å². The molecule has 0 radical (unpaired) electrons. The monoisotopic (exact) mass is 400 g/mol. The van der Waals surface area contributed by atoms with Gasteiger partial charge in [0.2, 0.25) is 0 Å². The van der Waals surface area contributed by atoms with Crippen molar-refractivity contribution in [3.05, 3.63) is 28.7 Å². The Balaban J connectivity index is 2.17. The van der Waals surface area contributed by atoms with Gasteiger partial charge in [0.1, 0.15) is 18.9 Å². The molecule has 1 aromatic rings. The Bertz CT molecular complexity index is 520. The fourth-order valence-corrected chi connectivity index (χ4v) is 2.19. The summed E-state index contributed by atoms with van der Waals surface area (Å²) >= 11 is 3.37. The summed E-state index contributed by atoms with van der Waals surface area (Å²) < 4.78 is 6.62. The van der Waals surface area contributed by atoms with Crippen molar-refractivity contribution in [3.63, 3.8) is 0 Å². The van der Waals surface area contributed by atoms with Gasteiger partial charge in [0.15, 0.2) is 6.54 Å². The molecule has 0 aliphatic heterocycles. The smallest absolute Gasteiger partial charge is 0.321 e. The Kier molecular flexibility index (Phi) is 9.41. The zero-order valence-electron chi connectivity index (χ0n) is 14.5. The molecule has 24 heavy (non-hydrogen) atoms. The van der Waals surface area contributed by atoms with E-state index < -0.39 is 6.03 Å². The van der Waals surface area contributed by atoms with E-state index in [1.807, 2.05) is 31.3 Å². The molecule has 1 unspecified atom stereocenters. The van der Waals surface area contributed by atoms with Crippen LogP contribution in [0.15, 0.2) is 28.7 Å². The highest BCUT2D eigenvalue weighted by Crippen LogP contribution is 2.15. The number of urea groups is 1. The fourth-order valence-electron chi connectivity index (χ4n) is 1.93. The van der Waals surface area contributed by atoms with E-state index in [1.54, 1.807) is 0 Å². The van der Waals surface area contributed by atoms with Gasteiger partial charge in [-0.05, 0) is 36.6 Å². The number of carbonyl (C=O) groups excluding carboxylic acids is 2. The topological polar surface area (TPSA) is 71.9 Å². The van der Waals surface area contributed by atoms with Gasteiger partial charge in [-0.15, -0.1) is 0 Å². The van der Waals surface area contributed by atoms with Crippen molar-refractivity contribution < 1.29 is 19.2 Å². The number of amides is 3. The number of hydrogen-bond acceptors (Lipinski definition) is 3. The third-order valence-electron chi connectivity index (χ3n) is 3.33. The number of imide groups is 1. The van der Waals surface area contributed by atoms with Crippen LogP contribution in [-0.2, 0) is 4.79 Å². The van der Waals surface area contributed by atoms with E-state index in [1.165, 1.54) is 0 Å². The van der Waals surface area contributed by atoms with Crippen LogP contribution >= 0.6 is 15.9 Å². The Labute approximate surface area is 152 Å². The molecule has 1 atom stereocenters. The molecule has 0 aliphatic rings. The van der Waals surface area contributed by atoms with Gasteiger partial charge in [-0.2, -0.15) is 0 Å². The maximum absolute atomic E-state index is 11.8. The molecule has 0 aromatic heterocycles. The van der Waals surface area contributed by atoms with Crippen LogP contribution in [0, 0.1) is 5.92 Å². The van der Waals surface area contributed by atoms with Crippen molar-refractivity contribution in [1.82, 2.24) is 10.6 Å². The number of likely N-dealkylation sites (N-methyl/N-ethyl adjacent to an activating group) is 1. The van der Waals surface area contributed by atoms with Crippen molar-refractivity contribution in [3.8, 4) is 5.75 Å². The summed E-state index contributed by atoms with van der Waals surface area (Å²) in [5.41, 5.74) is 0. The van der Waals surface area contributed by atoms with Crippen molar-refractivity contribution >= 4 is 27.9 Å². The second kappa shape index (κ2) is 11.0. The summed E-state index contributed by atoms with van der Waals surface area (Å²) in [6.45, 7) is 6.13. The second-order valence-electron chi connectivity index (χ2n) is 6.17. The van der Waals surface area contributed by atoms with E-state index in [2.05, 4.69) is 40.4 Å². The third kappa shape index (κ3) is 9.52. The summed E-state index contributed by atoms with van der Waals surface area (Å²) in [5, 5.41) is 5.02. The highest BCUT2D eigenvalue weighted by Gasteiger charge is 2.13. The van der Waals surface area contributed by atoms with Crippen molar-refractivity contribution in [2.45, 2.75) is 20.3 Å². The molecule has 0 fully saturated rings. The third-order valence-corrected chi connectivity index (χ3v) is 3.86. The van der Waals surface area contributed by atoms with Gasteiger partial charge in [-0.25, -0.2) is 4.79 Å². The number of benzene rings is 1. The van der Waals surface area contributed by atoms with Crippen molar-refractivity contribution in [2.75, 3.05) is 33.3 Å². The lowest BCUT2D eigenvalue weighted by molar-refractivity contribution is -0.871. The summed E-state index contributed by atoms with van der Waals surface area (Å²) in [6, 6.07) is 7.16. The Morgan fingerprint density at radius 1 is 1.25 bits per heavy atom. The minimum Gasteiger partial charge on any atom is -0.488 e. The molecule has 1 rings (SSSR count). The molecular weight excluding hydrogens is 374 g/mol. The molecule has 1 aromatic carbocycles. The summed E-state index contributed by atoms with van der Waals surface area (Å²) in [7, 11) is 1.89. The van der Waals surface area contributed by atoms with E-state index >= 15 is 0 Å². The van der Waals surface area contributed by atoms with Gasteiger partial charge in [0.05, 0.1) is 7.05 Å². The number of nitrogens with one attached hydrogen (secondary N) is 3. The average Bonchev–Trinajstić information content (AvgIpc) is 2.48. The van der Waals surface area contributed by atoms with Gasteiger partial charge in [0, 0.05) is 11.0 Å². The van der Waals surface area contributed by atoms with Crippen LogP contribution in [0.2, 0.25) is 0 Å². The molecule has 0 aliphatic carbocycles. The largest absolute Gasteiger partial charge is 0.488 e. The van der Waals surface area contributed by atoms with Crippen molar-refractivity contribution in [1.29, 1.82) is 0 Å². The number of halogens is 1. The number of ether oxygens (including phenoxy) is 1. The molecular formula is C17H27BrN3O3+. The number of rotatable bonds is 9. The lowest BCUT2D eigenvalue weighted by Crippen LogP contribution is -3.10. The molecule has 0 spiro atoms. The van der Waals surface area contributed by atoms with Crippen LogP contribution in [0.1, 0.15) is 20.3 Å². The first kappa shape index (κ1) is 20.4. The van der Waals surface area contributed by atoms with Crippen LogP contribution in [0.4, 0.5) is 4.79 Å². The minimum atomic E-state index is -0.431. The lowest BCUT2D eigenvalue weighted by atomic mass is 10.1. The zero-order chi connectivity index (χ0) is 17.9. The zero-order valence-corrected chi connectivity index (χ0v) is 16.1. The SMILES string of the molecule is CC(C)CCNC(=O)NC(=O)C[NH+](C)CCOc1ccc(Br)cc1. The first-order valence-corrected chi connectivity index (χ1v) is 8.93.